The molecule has 4 rings (SSSR count). The molecule has 176 valence electrons. The van der Waals surface area contributed by atoms with Gasteiger partial charge < -0.3 is 10.2 Å². The van der Waals surface area contributed by atoms with Crippen molar-refractivity contribution < 1.29 is 18.0 Å². The van der Waals surface area contributed by atoms with E-state index in [-0.39, 0.29) is 23.3 Å². The lowest BCUT2D eigenvalue weighted by Crippen LogP contribution is -2.45. The number of halogens is 1. The second-order valence-electron chi connectivity index (χ2n) is 8.58. The van der Waals surface area contributed by atoms with Gasteiger partial charge in [0.05, 0.1) is 10.8 Å². The van der Waals surface area contributed by atoms with Crippen molar-refractivity contribution in [3.8, 4) is 0 Å². The molecule has 0 aliphatic carbocycles. The van der Waals surface area contributed by atoms with Gasteiger partial charge in [-0.1, -0.05) is 29.8 Å². The summed E-state index contributed by atoms with van der Waals surface area (Å²) in [6, 6.07) is 12.3. The molecule has 0 saturated carbocycles. The summed E-state index contributed by atoms with van der Waals surface area (Å²) < 4.78 is 28.2. The first-order chi connectivity index (χ1) is 15.8. The van der Waals surface area contributed by atoms with Crippen LogP contribution in [0.5, 0.6) is 0 Å². The predicted molar refractivity (Wildman–Crippen MR) is 128 cm³/mol. The van der Waals surface area contributed by atoms with Crippen LogP contribution in [0.3, 0.4) is 0 Å². The molecular weight excluding hydrogens is 462 g/mol. The van der Waals surface area contributed by atoms with Crippen LogP contribution in [0.25, 0.3) is 0 Å². The molecule has 9 heteroatoms. The van der Waals surface area contributed by atoms with Gasteiger partial charge in [-0.05, 0) is 61.1 Å². The maximum absolute atomic E-state index is 13.4. The highest BCUT2D eigenvalue weighted by Crippen LogP contribution is 2.31. The normalized spacial score (nSPS) is 19.1. The van der Waals surface area contributed by atoms with Gasteiger partial charge in [0.2, 0.25) is 21.8 Å². The number of hydrogen-bond acceptors (Lipinski definition) is 4. The van der Waals surface area contributed by atoms with Crippen LogP contribution in [0, 0.1) is 5.92 Å². The van der Waals surface area contributed by atoms with E-state index in [0.717, 1.165) is 29.7 Å². The van der Waals surface area contributed by atoms with E-state index in [1.807, 2.05) is 18.2 Å². The number of carbonyl (C=O) groups excluding carboxylic acids is 2. The SMILES string of the molecule is CC(=O)N1CCCc2cc(S(=O)(=O)N3CCC[C@@H](C(=O)NCc4ccccc4Cl)C3)ccc21. The third-order valence-electron chi connectivity index (χ3n) is 6.35. The number of fused-ring (bicyclic) bond motifs is 1. The molecule has 1 N–H and O–H groups in total. The summed E-state index contributed by atoms with van der Waals surface area (Å²) in [5, 5.41) is 3.48. The van der Waals surface area contributed by atoms with Gasteiger partial charge in [0.15, 0.2) is 0 Å². The van der Waals surface area contributed by atoms with Gasteiger partial charge >= 0.3 is 0 Å². The van der Waals surface area contributed by atoms with Gasteiger partial charge in [0.25, 0.3) is 0 Å². The molecule has 2 aromatic carbocycles. The molecule has 2 amide bonds. The Labute approximate surface area is 199 Å². The van der Waals surface area contributed by atoms with E-state index in [2.05, 4.69) is 5.32 Å². The van der Waals surface area contributed by atoms with Crippen LogP contribution < -0.4 is 10.2 Å². The van der Waals surface area contributed by atoms with E-state index in [4.69, 9.17) is 11.6 Å². The number of carbonyl (C=O) groups is 2. The van der Waals surface area contributed by atoms with Crippen molar-refractivity contribution in [2.45, 2.75) is 44.0 Å². The van der Waals surface area contributed by atoms with Gasteiger partial charge in [0, 0.05) is 43.8 Å². The van der Waals surface area contributed by atoms with Crippen LogP contribution in [-0.4, -0.2) is 44.2 Å². The number of nitrogens with one attached hydrogen (secondary N) is 1. The zero-order valence-electron chi connectivity index (χ0n) is 18.6. The van der Waals surface area contributed by atoms with Gasteiger partial charge in [-0.15, -0.1) is 0 Å². The average Bonchev–Trinajstić information content (AvgIpc) is 2.82. The van der Waals surface area contributed by atoms with Gasteiger partial charge in [0.1, 0.15) is 0 Å². The van der Waals surface area contributed by atoms with Crippen molar-refractivity contribution in [1.82, 2.24) is 9.62 Å². The van der Waals surface area contributed by atoms with Gasteiger partial charge in [-0.3, -0.25) is 9.59 Å². The van der Waals surface area contributed by atoms with Gasteiger partial charge in [-0.25, -0.2) is 8.42 Å². The smallest absolute Gasteiger partial charge is 0.243 e. The second-order valence-corrected chi connectivity index (χ2v) is 10.9. The summed E-state index contributed by atoms with van der Waals surface area (Å²) in [6.07, 6.45) is 2.79. The minimum Gasteiger partial charge on any atom is -0.352 e. The van der Waals surface area contributed by atoms with E-state index < -0.39 is 15.9 Å². The molecule has 0 spiro atoms. The van der Waals surface area contributed by atoms with Crippen molar-refractivity contribution >= 4 is 39.1 Å². The topological polar surface area (TPSA) is 86.8 Å². The number of sulfonamides is 1. The molecule has 0 aromatic heterocycles. The van der Waals surface area contributed by atoms with E-state index in [1.165, 1.54) is 11.2 Å². The molecule has 2 aromatic rings. The first kappa shape index (κ1) is 23.7. The summed E-state index contributed by atoms with van der Waals surface area (Å²) in [5.74, 6) is -0.632. The number of nitrogens with zero attached hydrogens (tertiary/aromatic N) is 2. The fourth-order valence-electron chi connectivity index (χ4n) is 4.55. The number of rotatable bonds is 5. The molecule has 1 fully saturated rings. The summed E-state index contributed by atoms with van der Waals surface area (Å²) in [4.78, 5) is 26.6. The maximum atomic E-state index is 13.4. The van der Waals surface area contributed by atoms with Crippen LogP contribution in [-0.2, 0) is 32.6 Å². The Morgan fingerprint density at radius 3 is 2.67 bits per heavy atom. The molecule has 2 aliphatic rings. The van der Waals surface area contributed by atoms with Crippen molar-refractivity contribution in [2.24, 2.45) is 5.92 Å². The minimum atomic E-state index is -3.74. The number of aryl methyl sites for hydroxylation is 1. The first-order valence-electron chi connectivity index (χ1n) is 11.2. The lowest BCUT2D eigenvalue weighted by molar-refractivity contribution is -0.126. The van der Waals surface area contributed by atoms with Crippen molar-refractivity contribution in [3.63, 3.8) is 0 Å². The fraction of sp³-hybridized carbons (Fsp3) is 0.417. The standard InChI is InChI=1S/C24H28ClN3O4S/c1-17(29)28-13-5-7-18-14-21(10-11-23(18)28)33(31,32)27-12-4-8-20(16-27)24(30)26-15-19-6-2-3-9-22(19)25/h2-3,6,9-11,14,20H,4-5,7-8,12-13,15-16H2,1H3,(H,26,30)/t20-/m1/s1. The number of amides is 2. The lowest BCUT2D eigenvalue weighted by Gasteiger charge is -2.32. The van der Waals surface area contributed by atoms with E-state index >= 15 is 0 Å². The van der Waals surface area contributed by atoms with Crippen molar-refractivity contribution in [1.29, 1.82) is 0 Å². The highest BCUT2D eigenvalue weighted by molar-refractivity contribution is 7.89. The van der Waals surface area contributed by atoms with Crippen LogP contribution in [0.1, 0.15) is 37.3 Å². The summed E-state index contributed by atoms with van der Waals surface area (Å²) in [5.41, 5.74) is 2.47. The third-order valence-corrected chi connectivity index (χ3v) is 8.58. The van der Waals surface area contributed by atoms with Crippen molar-refractivity contribution in [3.05, 3.63) is 58.6 Å². The highest BCUT2D eigenvalue weighted by atomic mass is 35.5. The Hall–Kier alpha value is -2.42. The van der Waals surface area contributed by atoms with Crippen molar-refractivity contribution in [2.75, 3.05) is 24.5 Å². The quantitative estimate of drug-likeness (QED) is 0.697. The summed E-state index contributed by atoms with van der Waals surface area (Å²) in [6.45, 7) is 3.00. The highest BCUT2D eigenvalue weighted by Gasteiger charge is 2.34. The third kappa shape index (κ3) is 5.08. The molecule has 0 radical (unpaired) electrons. The Bertz CT molecular complexity index is 1170. The van der Waals surface area contributed by atoms with Crippen LogP contribution in [0.15, 0.2) is 47.4 Å². The number of piperidine rings is 1. The largest absolute Gasteiger partial charge is 0.352 e. The molecule has 33 heavy (non-hydrogen) atoms. The molecule has 1 atom stereocenters. The summed E-state index contributed by atoms with van der Waals surface area (Å²) >= 11 is 6.16. The average molecular weight is 490 g/mol. The Balaban J connectivity index is 1.46. The predicted octanol–water partition coefficient (Wildman–Crippen LogP) is 3.36. The minimum absolute atomic E-state index is 0.0479. The van der Waals surface area contributed by atoms with E-state index in [9.17, 15) is 18.0 Å². The van der Waals surface area contributed by atoms with Crippen LogP contribution >= 0.6 is 11.6 Å². The fourth-order valence-corrected chi connectivity index (χ4v) is 6.33. The van der Waals surface area contributed by atoms with Gasteiger partial charge in [-0.2, -0.15) is 4.31 Å². The lowest BCUT2D eigenvalue weighted by atomic mass is 9.99. The zero-order chi connectivity index (χ0) is 23.6. The monoisotopic (exact) mass is 489 g/mol. The van der Waals surface area contributed by atoms with Crippen LogP contribution in [0.4, 0.5) is 5.69 Å². The van der Waals surface area contributed by atoms with Crippen LogP contribution in [0.2, 0.25) is 5.02 Å². The molecule has 2 aliphatic heterocycles. The molecule has 0 unspecified atom stereocenters. The molecule has 7 nitrogen and oxygen atoms in total. The Morgan fingerprint density at radius 1 is 1.12 bits per heavy atom. The molecule has 2 heterocycles. The molecular formula is C24H28ClN3O4S. The van der Waals surface area contributed by atoms with E-state index in [1.54, 1.807) is 29.2 Å². The van der Waals surface area contributed by atoms with E-state index in [0.29, 0.717) is 37.5 Å². The molecule has 1 saturated heterocycles. The maximum Gasteiger partial charge on any atom is 0.243 e. The summed E-state index contributed by atoms with van der Waals surface area (Å²) in [7, 11) is -3.74. The Morgan fingerprint density at radius 2 is 1.91 bits per heavy atom. The first-order valence-corrected chi connectivity index (χ1v) is 13.0. The second kappa shape index (κ2) is 9.83. The number of anilines is 1. The molecule has 0 bridgehead atoms. The number of hydrogen-bond donors (Lipinski definition) is 1. The zero-order valence-corrected chi connectivity index (χ0v) is 20.2. The number of benzene rings is 2. The Kier molecular flexibility index (Phi) is 7.07.